The van der Waals surface area contributed by atoms with Gasteiger partial charge in [-0.05, 0) is 32.4 Å². The molecule has 1 amide bonds. The van der Waals surface area contributed by atoms with E-state index < -0.39 is 0 Å². The minimum Gasteiger partial charge on any atom is -0.348 e. The summed E-state index contributed by atoms with van der Waals surface area (Å²) >= 11 is 0. The van der Waals surface area contributed by atoms with Gasteiger partial charge in [-0.15, -0.1) is 0 Å². The lowest BCUT2D eigenvalue weighted by molar-refractivity contribution is -0.133. The Morgan fingerprint density at radius 1 is 1.56 bits per heavy atom. The van der Waals surface area contributed by atoms with E-state index >= 15 is 0 Å². The molecule has 0 spiro atoms. The zero-order valence-electron chi connectivity index (χ0n) is 11.1. The lowest BCUT2D eigenvalue weighted by Crippen LogP contribution is -2.47. The second-order valence-electron chi connectivity index (χ2n) is 4.90. The van der Waals surface area contributed by atoms with Gasteiger partial charge in [0.1, 0.15) is 6.33 Å². The number of aromatic nitrogens is 3. The molecular formula is C12H21N5O. The summed E-state index contributed by atoms with van der Waals surface area (Å²) in [5.74, 6) is 0.796. The van der Waals surface area contributed by atoms with Crippen LogP contribution in [0.1, 0.15) is 32.0 Å². The topological polar surface area (TPSA) is 71.8 Å². The maximum Gasteiger partial charge on any atom is 0.226 e. The van der Waals surface area contributed by atoms with Crippen molar-refractivity contribution in [1.82, 2.24) is 25.4 Å². The van der Waals surface area contributed by atoms with Gasteiger partial charge in [-0.1, -0.05) is 6.92 Å². The number of nitrogens with one attached hydrogen (secondary N) is 2. The highest BCUT2D eigenvalue weighted by molar-refractivity contribution is 5.82. The van der Waals surface area contributed by atoms with E-state index in [-0.39, 0.29) is 11.3 Å². The lowest BCUT2D eigenvalue weighted by atomic mass is 9.76. The minimum atomic E-state index is -0.208. The van der Waals surface area contributed by atoms with Crippen molar-refractivity contribution in [3.63, 3.8) is 0 Å². The van der Waals surface area contributed by atoms with Gasteiger partial charge in [-0.25, -0.2) is 4.98 Å². The Hall–Kier alpha value is -1.43. The SMILES string of the molecule is CCC1(C(=O)NCc2ncn(C)n2)CCNCC1. The van der Waals surface area contributed by atoms with Crippen molar-refractivity contribution < 1.29 is 4.79 Å². The Balaban J connectivity index is 1.93. The first-order chi connectivity index (χ1) is 8.66. The van der Waals surface area contributed by atoms with Crippen LogP contribution in [0.5, 0.6) is 0 Å². The number of carbonyl (C=O) groups excluding carboxylic acids is 1. The fraction of sp³-hybridized carbons (Fsp3) is 0.750. The van der Waals surface area contributed by atoms with Crippen LogP contribution in [0.2, 0.25) is 0 Å². The maximum absolute atomic E-state index is 12.3. The van der Waals surface area contributed by atoms with Crippen molar-refractivity contribution in [2.45, 2.75) is 32.7 Å². The number of rotatable bonds is 4. The summed E-state index contributed by atoms with van der Waals surface area (Å²) in [6.07, 6.45) is 4.34. The molecule has 1 aromatic heterocycles. The van der Waals surface area contributed by atoms with Gasteiger partial charge in [-0.3, -0.25) is 9.48 Å². The van der Waals surface area contributed by atoms with Crippen molar-refractivity contribution in [2.24, 2.45) is 12.5 Å². The Morgan fingerprint density at radius 3 is 2.83 bits per heavy atom. The first-order valence-corrected chi connectivity index (χ1v) is 6.50. The highest BCUT2D eigenvalue weighted by atomic mass is 16.2. The van der Waals surface area contributed by atoms with Crippen LogP contribution in [-0.4, -0.2) is 33.8 Å². The van der Waals surface area contributed by atoms with Crippen LogP contribution >= 0.6 is 0 Å². The fourth-order valence-electron chi connectivity index (χ4n) is 2.46. The molecule has 0 saturated carbocycles. The number of aryl methyl sites for hydroxylation is 1. The van der Waals surface area contributed by atoms with Crippen LogP contribution in [0, 0.1) is 5.41 Å². The number of amides is 1. The molecule has 1 aromatic rings. The van der Waals surface area contributed by atoms with Gasteiger partial charge in [-0.2, -0.15) is 5.10 Å². The summed E-state index contributed by atoms with van der Waals surface area (Å²) in [6, 6.07) is 0. The van der Waals surface area contributed by atoms with E-state index in [1.807, 2.05) is 7.05 Å². The maximum atomic E-state index is 12.3. The van der Waals surface area contributed by atoms with Gasteiger partial charge in [0.2, 0.25) is 5.91 Å². The van der Waals surface area contributed by atoms with Gasteiger partial charge in [0.25, 0.3) is 0 Å². The highest BCUT2D eigenvalue weighted by Crippen LogP contribution is 2.32. The van der Waals surface area contributed by atoms with Crippen LogP contribution < -0.4 is 10.6 Å². The second kappa shape index (κ2) is 5.48. The largest absolute Gasteiger partial charge is 0.348 e. The molecule has 1 aliphatic rings. The number of hydrogen-bond acceptors (Lipinski definition) is 4. The third-order valence-electron chi connectivity index (χ3n) is 3.77. The zero-order valence-corrected chi connectivity index (χ0v) is 11.1. The fourth-order valence-corrected chi connectivity index (χ4v) is 2.46. The number of carbonyl (C=O) groups is 1. The molecule has 0 unspecified atom stereocenters. The van der Waals surface area contributed by atoms with E-state index in [1.165, 1.54) is 0 Å². The standard InChI is InChI=1S/C12H21N5O/c1-3-12(4-6-13-7-5-12)11(18)14-8-10-15-9-17(2)16-10/h9,13H,3-8H2,1-2H3,(H,14,18). The second-order valence-corrected chi connectivity index (χ2v) is 4.90. The summed E-state index contributed by atoms with van der Waals surface area (Å²) < 4.78 is 1.64. The van der Waals surface area contributed by atoms with E-state index in [4.69, 9.17) is 0 Å². The number of hydrogen-bond donors (Lipinski definition) is 2. The first kappa shape index (κ1) is 13.0. The van der Waals surface area contributed by atoms with Crippen molar-refractivity contribution in [2.75, 3.05) is 13.1 Å². The normalized spacial score (nSPS) is 18.6. The Bertz CT molecular complexity index is 408. The van der Waals surface area contributed by atoms with E-state index in [2.05, 4.69) is 27.6 Å². The molecule has 2 heterocycles. The third kappa shape index (κ3) is 2.69. The molecule has 1 fully saturated rings. The molecule has 18 heavy (non-hydrogen) atoms. The average molecular weight is 251 g/mol. The Labute approximate surface area is 107 Å². The molecule has 0 aliphatic carbocycles. The van der Waals surface area contributed by atoms with Gasteiger partial charge >= 0.3 is 0 Å². The minimum absolute atomic E-state index is 0.138. The summed E-state index contributed by atoms with van der Waals surface area (Å²) in [5, 5.41) is 10.4. The predicted octanol–water partition coefficient (Wildman–Crippen LogP) is 0.211. The number of nitrogens with zero attached hydrogens (tertiary/aromatic N) is 3. The Morgan fingerprint density at radius 2 is 2.28 bits per heavy atom. The van der Waals surface area contributed by atoms with Crippen molar-refractivity contribution in [3.05, 3.63) is 12.2 Å². The van der Waals surface area contributed by atoms with Crippen LogP contribution in [0.3, 0.4) is 0 Å². The van der Waals surface area contributed by atoms with Gasteiger partial charge in [0.15, 0.2) is 5.82 Å². The summed E-state index contributed by atoms with van der Waals surface area (Å²) in [7, 11) is 1.82. The smallest absolute Gasteiger partial charge is 0.226 e. The quantitative estimate of drug-likeness (QED) is 0.802. The Kier molecular flexibility index (Phi) is 3.96. The molecule has 0 bridgehead atoms. The van der Waals surface area contributed by atoms with Gasteiger partial charge in [0.05, 0.1) is 12.0 Å². The zero-order chi connectivity index (χ0) is 13.0. The van der Waals surface area contributed by atoms with Crippen molar-refractivity contribution in [1.29, 1.82) is 0 Å². The molecule has 100 valence electrons. The summed E-state index contributed by atoms with van der Waals surface area (Å²) in [5.41, 5.74) is -0.208. The average Bonchev–Trinajstić information content (AvgIpc) is 2.82. The van der Waals surface area contributed by atoms with Crippen molar-refractivity contribution in [3.8, 4) is 0 Å². The summed E-state index contributed by atoms with van der Waals surface area (Å²) in [6.45, 7) is 4.34. The van der Waals surface area contributed by atoms with Crippen LogP contribution in [0.15, 0.2) is 6.33 Å². The summed E-state index contributed by atoms with van der Waals surface area (Å²) in [4.78, 5) is 16.4. The van der Waals surface area contributed by atoms with Gasteiger partial charge < -0.3 is 10.6 Å². The lowest BCUT2D eigenvalue weighted by Gasteiger charge is -2.35. The third-order valence-corrected chi connectivity index (χ3v) is 3.77. The van der Waals surface area contributed by atoms with E-state index in [1.54, 1.807) is 11.0 Å². The van der Waals surface area contributed by atoms with E-state index in [0.29, 0.717) is 12.4 Å². The molecule has 0 aromatic carbocycles. The molecule has 0 atom stereocenters. The van der Waals surface area contributed by atoms with Crippen LogP contribution in [0.25, 0.3) is 0 Å². The molecule has 2 N–H and O–H groups in total. The molecule has 0 radical (unpaired) electrons. The molecule has 1 aliphatic heterocycles. The number of piperidine rings is 1. The molecule has 1 saturated heterocycles. The first-order valence-electron chi connectivity index (χ1n) is 6.50. The van der Waals surface area contributed by atoms with Gasteiger partial charge in [0, 0.05) is 7.05 Å². The molecule has 6 heteroatoms. The monoisotopic (exact) mass is 251 g/mol. The molecule has 6 nitrogen and oxygen atoms in total. The van der Waals surface area contributed by atoms with Crippen LogP contribution in [-0.2, 0) is 18.4 Å². The molecular weight excluding hydrogens is 230 g/mol. The van der Waals surface area contributed by atoms with Crippen LogP contribution in [0.4, 0.5) is 0 Å². The van der Waals surface area contributed by atoms with Crippen molar-refractivity contribution >= 4 is 5.91 Å². The van der Waals surface area contributed by atoms with E-state index in [9.17, 15) is 4.79 Å². The predicted molar refractivity (Wildman–Crippen MR) is 67.7 cm³/mol. The van der Waals surface area contributed by atoms with E-state index in [0.717, 1.165) is 32.4 Å². The highest BCUT2D eigenvalue weighted by Gasteiger charge is 2.37. The molecule has 2 rings (SSSR count).